The summed E-state index contributed by atoms with van der Waals surface area (Å²) in [5.41, 5.74) is -0.598. The first-order valence-electron chi connectivity index (χ1n) is 9.79. The first-order chi connectivity index (χ1) is 17.0. The fourth-order valence-corrected chi connectivity index (χ4v) is 2.93. The molecule has 0 unspecified atom stereocenters. The quantitative estimate of drug-likeness (QED) is 0.255. The average Bonchev–Trinajstić information content (AvgIpc) is 2.84. The Hall–Kier alpha value is -5.01. The van der Waals surface area contributed by atoms with E-state index in [0.29, 0.717) is 17.9 Å². The van der Waals surface area contributed by atoms with Crippen LogP contribution in [0.1, 0.15) is 21.5 Å². The Labute approximate surface area is 200 Å². The maximum Gasteiger partial charge on any atom is 0.416 e. The Bertz CT molecular complexity index is 1360. The maximum absolute atomic E-state index is 13.0. The number of hydrazone groups is 1. The molecule has 11 nitrogen and oxygen atoms in total. The van der Waals surface area contributed by atoms with E-state index < -0.39 is 44.6 Å². The molecule has 0 fully saturated rings. The minimum atomic E-state index is -4.80. The van der Waals surface area contributed by atoms with Crippen LogP contribution in [-0.2, 0) is 6.18 Å². The first-order valence-corrected chi connectivity index (χ1v) is 9.79. The minimum absolute atomic E-state index is 0.0673. The van der Waals surface area contributed by atoms with Gasteiger partial charge in [-0.3, -0.25) is 25.0 Å². The van der Waals surface area contributed by atoms with Gasteiger partial charge in [-0.2, -0.15) is 18.3 Å². The van der Waals surface area contributed by atoms with E-state index in [-0.39, 0.29) is 16.9 Å². The zero-order valence-corrected chi connectivity index (χ0v) is 18.2. The zero-order valence-electron chi connectivity index (χ0n) is 18.2. The van der Waals surface area contributed by atoms with Crippen molar-refractivity contribution in [3.63, 3.8) is 0 Å². The molecule has 0 spiro atoms. The Balaban J connectivity index is 1.91. The van der Waals surface area contributed by atoms with Crippen molar-refractivity contribution in [2.75, 3.05) is 7.11 Å². The molecule has 0 aliphatic rings. The topological polar surface area (TPSA) is 146 Å². The number of para-hydroxylation sites is 1. The van der Waals surface area contributed by atoms with Crippen LogP contribution in [0.4, 0.5) is 24.5 Å². The summed E-state index contributed by atoms with van der Waals surface area (Å²) in [4.78, 5) is 33.0. The van der Waals surface area contributed by atoms with Crippen LogP contribution >= 0.6 is 0 Å². The molecule has 0 bridgehead atoms. The Kier molecular flexibility index (Phi) is 7.47. The fourth-order valence-electron chi connectivity index (χ4n) is 2.93. The predicted molar refractivity (Wildman–Crippen MR) is 119 cm³/mol. The highest BCUT2D eigenvalue weighted by molar-refractivity contribution is 5.98. The van der Waals surface area contributed by atoms with E-state index in [4.69, 9.17) is 9.47 Å². The molecule has 3 rings (SSSR count). The number of nitrogens with one attached hydrogen (secondary N) is 1. The van der Waals surface area contributed by atoms with E-state index in [1.165, 1.54) is 43.5 Å². The summed E-state index contributed by atoms with van der Waals surface area (Å²) in [6.07, 6.45) is -3.73. The third-order valence-corrected chi connectivity index (χ3v) is 4.63. The summed E-state index contributed by atoms with van der Waals surface area (Å²) >= 11 is 0. The van der Waals surface area contributed by atoms with Gasteiger partial charge in [-0.1, -0.05) is 12.1 Å². The van der Waals surface area contributed by atoms with E-state index in [2.05, 4.69) is 10.5 Å². The lowest BCUT2D eigenvalue weighted by Gasteiger charge is -2.12. The highest BCUT2D eigenvalue weighted by atomic mass is 19.4. The molecule has 36 heavy (non-hydrogen) atoms. The van der Waals surface area contributed by atoms with E-state index in [1.54, 1.807) is 0 Å². The number of hydrogen-bond acceptors (Lipinski definition) is 8. The summed E-state index contributed by atoms with van der Waals surface area (Å²) in [6.45, 7) is 0. The van der Waals surface area contributed by atoms with Crippen LogP contribution in [0.25, 0.3) is 0 Å². The summed E-state index contributed by atoms with van der Waals surface area (Å²) < 4.78 is 49.5. The summed E-state index contributed by atoms with van der Waals surface area (Å²) in [7, 11) is 1.35. The molecule has 0 aliphatic carbocycles. The van der Waals surface area contributed by atoms with Crippen molar-refractivity contribution in [2.45, 2.75) is 6.18 Å². The van der Waals surface area contributed by atoms with Crippen molar-refractivity contribution < 1.29 is 37.3 Å². The van der Waals surface area contributed by atoms with E-state index in [1.807, 2.05) is 0 Å². The number of carbonyl (C=O) groups is 1. The molecule has 3 aromatic rings. The van der Waals surface area contributed by atoms with Crippen LogP contribution in [-0.4, -0.2) is 29.1 Å². The number of benzene rings is 3. The average molecular weight is 504 g/mol. The van der Waals surface area contributed by atoms with Gasteiger partial charge in [0.05, 0.1) is 28.7 Å². The largest absolute Gasteiger partial charge is 0.497 e. The van der Waals surface area contributed by atoms with Crippen molar-refractivity contribution in [2.24, 2.45) is 5.10 Å². The van der Waals surface area contributed by atoms with Crippen LogP contribution < -0.4 is 14.9 Å². The second kappa shape index (κ2) is 10.5. The number of rotatable bonds is 8. The number of hydrogen-bond donors (Lipinski definition) is 1. The van der Waals surface area contributed by atoms with Crippen LogP contribution in [0.5, 0.6) is 17.2 Å². The molecule has 3 aromatic carbocycles. The molecule has 0 aliphatic heterocycles. The third-order valence-electron chi connectivity index (χ3n) is 4.63. The van der Waals surface area contributed by atoms with Crippen LogP contribution in [0, 0.1) is 20.2 Å². The van der Waals surface area contributed by atoms with Crippen molar-refractivity contribution in [1.29, 1.82) is 0 Å². The first kappa shape index (κ1) is 25.6. The Morgan fingerprint density at radius 1 is 0.972 bits per heavy atom. The molecule has 0 aromatic heterocycles. The summed E-state index contributed by atoms with van der Waals surface area (Å²) in [5, 5.41) is 26.2. The molecule has 186 valence electrons. The van der Waals surface area contributed by atoms with Gasteiger partial charge in [-0.15, -0.1) is 0 Å². The standard InChI is InChI=1S/C22H15F3N4O7/c1-35-15-7-9-19(36-20-8-6-14(22(23,24)25)11-18(20)29(33)34)13(10-15)12-26-27-21(30)16-4-2-3-5-17(16)28(31)32/h2-12H,1H3,(H,27,30)/b26-12-. The lowest BCUT2D eigenvalue weighted by Crippen LogP contribution is -2.19. The van der Waals surface area contributed by atoms with Crippen molar-refractivity contribution in [1.82, 2.24) is 5.43 Å². The van der Waals surface area contributed by atoms with Gasteiger partial charge in [0.15, 0.2) is 0 Å². The van der Waals surface area contributed by atoms with Gasteiger partial charge in [0.25, 0.3) is 11.6 Å². The molecule has 0 saturated carbocycles. The predicted octanol–water partition coefficient (Wildman–Crippen LogP) is 5.09. The van der Waals surface area contributed by atoms with Crippen molar-refractivity contribution in [3.05, 3.63) is 97.6 Å². The van der Waals surface area contributed by atoms with Gasteiger partial charge in [0.1, 0.15) is 17.1 Å². The Morgan fingerprint density at radius 3 is 2.28 bits per heavy atom. The molecule has 1 amide bonds. The third kappa shape index (κ3) is 5.91. The van der Waals surface area contributed by atoms with Gasteiger partial charge in [-0.05, 0) is 36.4 Å². The van der Waals surface area contributed by atoms with Gasteiger partial charge >= 0.3 is 11.9 Å². The second-order valence-corrected chi connectivity index (χ2v) is 6.92. The zero-order chi connectivity index (χ0) is 26.5. The van der Waals surface area contributed by atoms with Crippen LogP contribution in [0.3, 0.4) is 0 Å². The Morgan fingerprint density at radius 2 is 1.64 bits per heavy atom. The second-order valence-electron chi connectivity index (χ2n) is 6.92. The number of alkyl halides is 3. The number of nitro groups is 2. The van der Waals surface area contributed by atoms with Crippen LogP contribution in [0.2, 0.25) is 0 Å². The molecule has 0 atom stereocenters. The lowest BCUT2D eigenvalue weighted by atomic mass is 10.1. The number of nitro benzene ring substituents is 2. The summed E-state index contributed by atoms with van der Waals surface area (Å²) in [5.74, 6) is -1.13. The smallest absolute Gasteiger partial charge is 0.416 e. The fraction of sp³-hybridized carbons (Fsp3) is 0.0909. The molecule has 0 heterocycles. The number of ether oxygens (including phenoxy) is 2. The normalized spacial score (nSPS) is 11.2. The molecule has 0 saturated heterocycles. The SMILES string of the molecule is COc1ccc(Oc2ccc(C(F)(F)F)cc2[N+](=O)[O-])c(/C=N\NC(=O)c2ccccc2[N+](=O)[O-])c1. The number of nitrogens with zero attached hydrogens (tertiary/aromatic N) is 3. The highest BCUT2D eigenvalue weighted by Crippen LogP contribution is 2.38. The molecular weight excluding hydrogens is 489 g/mol. The van der Waals surface area contributed by atoms with Crippen LogP contribution in [0.15, 0.2) is 65.8 Å². The molecular formula is C22H15F3N4O7. The van der Waals surface area contributed by atoms with E-state index >= 15 is 0 Å². The van der Waals surface area contributed by atoms with Crippen molar-refractivity contribution >= 4 is 23.5 Å². The lowest BCUT2D eigenvalue weighted by molar-refractivity contribution is -0.385. The van der Waals surface area contributed by atoms with E-state index in [9.17, 15) is 38.2 Å². The molecule has 1 N–H and O–H groups in total. The van der Waals surface area contributed by atoms with E-state index in [0.717, 1.165) is 18.3 Å². The minimum Gasteiger partial charge on any atom is -0.497 e. The number of halogens is 3. The summed E-state index contributed by atoms with van der Waals surface area (Å²) in [6, 6.07) is 11.1. The monoisotopic (exact) mass is 504 g/mol. The number of amides is 1. The van der Waals surface area contributed by atoms with Gasteiger partial charge in [-0.25, -0.2) is 5.43 Å². The van der Waals surface area contributed by atoms with Crippen molar-refractivity contribution in [3.8, 4) is 17.2 Å². The highest BCUT2D eigenvalue weighted by Gasteiger charge is 2.33. The van der Waals surface area contributed by atoms with Gasteiger partial charge in [0.2, 0.25) is 5.75 Å². The molecule has 0 radical (unpaired) electrons. The number of carbonyl (C=O) groups excluding carboxylic acids is 1. The maximum atomic E-state index is 13.0. The molecule has 14 heteroatoms. The van der Waals surface area contributed by atoms with Gasteiger partial charge < -0.3 is 9.47 Å². The van der Waals surface area contributed by atoms with Gasteiger partial charge in [0, 0.05) is 17.7 Å². The number of methoxy groups -OCH3 is 1.